The fourth-order valence-electron chi connectivity index (χ4n) is 5.64. The van der Waals surface area contributed by atoms with Crippen molar-refractivity contribution < 1.29 is 14.6 Å². The van der Waals surface area contributed by atoms with Gasteiger partial charge in [-0.2, -0.15) is 0 Å². The molecule has 0 radical (unpaired) electrons. The SMILES string of the molecule is Oc1cc(-c2cnc3c(c2)OCO3)ccc1-c1ncc(N(C2CC2)C2C[C@H]3CC[C@@H](C2)N3)nn1. The first kappa shape index (κ1) is 20.0. The van der Waals surface area contributed by atoms with Gasteiger partial charge in [-0.15, -0.1) is 10.2 Å². The minimum atomic E-state index is 0.0960. The Morgan fingerprint density at radius 3 is 2.47 bits per heavy atom. The van der Waals surface area contributed by atoms with E-state index in [9.17, 15) is 5.11 Å². The number of anilines is 1. The number of piperidine rings is 1. The van der Waals surface area contributed by atoms with E-state index >= 15 is 0 Å². The summed E-state index contributed by atoms with van der Waals surface area (Å²) < 4.78 is 10.7. The Bertz CT molecular complexity index is 1220. The second-order valence-electron chi connectivity index (χ2n) is 9.71. The van der Waals surface area contributed by atoms with E-state index in [1.807, 2.05) is 24.4 Å². The van der Waals surface area contributed by atoms with Crippen LogP contribution in [0.1, 0.15) is 38.5 Å². The highest BCUT2D eigenvalue weighted by Crippen LogP contribution is 2.39. The molecule has 2 saturated heterocycles. The van der Waals surface area contributed by atoms with Gasteiger partial charge in [0.1, 0.15) is 5.75 Å². The van der Waals surface area contributed by atoms with Crippen LogP contribution in [0.2, 0.25) is 0 Å². The van der Waals surface area contributed by atoms with Crippen molar-refractivity contribution in [3.63, 3.8) is 0 Å². The molecule has 1 aliphatic carbocycles. The van der Waals surface area contributed by atoms with Crippen molar-refractivity contribution in [1.82, 2.24) is 25.5 Å². The average molecular weight is 459 g/mol. The average Bonchev–Trinajstić information content (AvgIpc) is 3.47. The Morgan fingerprint density at radius 1 is 0.882 bits per heavy atom. The first-order chi connectivity index (χ1) is 16.7. The normalized spacial score (nSPS) is 24.9. The topological polar surface area (TPSA) is 106 Å². The van der Waals surface area contributed by atoms with E-state index in [1.54, 1.807) is 12.3 Å². The van der Waals surface area contributed by atoms with Crippen LogP contribution in [0.3, 0.4) is 0 Å². The van der Waals surface area contributed by atoms with E-state index in [2.05, 4.69) is 30.4 Å². The Hall–Kier alpha value is -3.46. The number of hydrogen-bond acceptors (Lipinski definition) is 9. The van der Waals surface area contributed by atoms with Gasteiger partial charge in [-0.3, -0.25) is 0 Å². The molecule has 2 bridgehead atoms. The van der Waals surface area contributed by atoms with Gasteiger partial charge in [0, 0.05) is 35.9 Å². The van der Waals surface area contributed by atoms with E-state index < -0.39 is 0 Å². The van der Waals surface area contributed by atoms with Gasteiger partial charge in [0.05, 0.1) is 11.8 Å². The number of pyridine rings is 1. The molecule has 3 fully saturated rings. The Kier molecular flexibility index (Phi) is 4.58. The van der Waals surface area contributed by atoms with Crippen LogP contribution in [0.15, 0.2) is 36.7 Å². The second-order valence-corrected chi connectivity index (χ2v) is 9.71. The third-order valence-electron chi connectivity index (χ3n) is 7.40. The molecular formula is C25H26N6O3. The fraction of sp³-hybridized carbons (Fsp3) is 0.440. The van der Waals surface area contributed by atoms with Gasteiger partial charge in [0.2, 0.25) is 6.79 Å². The highest BCUT2D eigenvalue weighted by atomic mass is 16.7. The van der Waals surface area contributed by atoms with E-state index in [4.69, 9.17) is 9.47 Å². The molecule has 34 heavy (non-hydrogen) atoms. The van der Waals surface area contributed by atoms with Gasteiger partial charge in [-0.1, -0.05) is 6.07 Å². The summed E-state index contributed by atoms with van der Waals surface area (Å²) in [6.45, 7) is 0.174. The number of phenols is 1. The van der Waals surface area contributed by atoms with Crippen LogP contribution in [0.4, 0.5) is 5.82 Å². The van der Waals surface area contributed by atoms with Crippen molar-refractivity contribution in [1.29, 1.82) is 0 Å². The highest BCUT2D eigenvalue weighted by Gasteiger charge is 2.41. The Morgan fingerprint density at radius 2 is 1.74 bits per heavy atom. The third-order valence-corrected chi connectivity index (χ3v) is 7.40. The number of fused-ring (bicyclic) bond motifs is 3. The molecule has 1 saturated carbocycles. The quantitative estimate of drug-likeness (QED) is 0.596. The van der Waals surface area contributed by atoms with E-state index in [0.717, 1.165) is 29.8 Å². The number of aromatic nitrogens is 4. The minimum absolute atomic E-state index is 0.0960. The maximum absolute atomic E-state index is 10.7. The van der Waals surface area contributed by atoms with Crippen LogP contribution in [0.5, 0.6) is 17.4 Å². The number of ether oxygens (including phenoxy) is 2. The molecule has 9 heteroatoms. The summed E-state index contributed by atoms with van der Waals surface area (Å²) in [6.07, 6.45) is 10.8. The smallest absolute Gasteiger partial charge is 0.260 e. The summed E-state index contributed by atoms with van der Waals surface area (Å²) in [5.74, 6) is 2.45. The molecule has 1 aromatic carbocycles. The minimum Gasteiger partial charge on any atom is -0.507 e. The number of rotatable bonds is 5. The van der Waals surface area contributed by atoms with Crippen LogP contribution in [-0.4, -0.2) is 56.2 Å². The predicted octanol–water partition coefficient (Wildman–Crippen LogP) is 3.29. The number of aromatic hydroxyl groups is 1. The number of hydrogen-bond donors (Lipinski definition) is 2. The van der Waals surface area contributed by atoms with Crippen LogP contribution >= 0.6 is 0 Å². The maximum Gasteiger partial charge on any atom is 0.260 e. The van der Waals surface area contributed by atoms with Gasteiger partial charge in [-0.25, -0.2) is 9.97 Å². The largest absolute Gasteiger partial charge is 0.507 e. The molecule has 4 aliphatic rings. The molecule has 174 valence electrons. The standard InChI is InChI=1S/C25H26N6O3/c32-21-7-14(15-8-22-25(27-11-15)34-13-33-22)1-6-20(21)24-26-12-23(29-30-24)31(18-4-5-18)19-9-16-2-3-17(10-19)28-16/h1,6-8,11-12,16-19,28,32H,2-5,9-10,13H2/t16-,17+,19?. The molecule has 9 nitrogen and oxygen atoms in total. The van der Waals surface area contributed by atoms with Crippen molar-refractivity contribution in [3.8, 4) is 39.9 Å². The molecule has 5 heterocycles. The van der Waals surface area contributed by atoms with Crippen molar-refractivity contribution in [2.45, 2.75) is 62.7 Å². The van der Waals surface area contributed by atoms with Gasteiger partial charge in [-0.05, 0) is 62.3 Å². The van der Waals surface area contributed by atoms with Crippen molar-refractivity contribution in [2.75, 3.05) is 11.7 Å². The first-order valence-corrected chi connectivity index (χ1v) is 12.0. The number of nitrogens with zero attached hydrogens (tertiary/aromatic N) is 5. The Labute approximate surface area is 197 Å². The number of phenolic OH excluding ortho intramolecular Hbond substituents is 1. The van der Waals surface area contributed by atoms with Gasteiger partial charge in [0.15, 0.2) is 17.4 Å². The third kappa shape index (κ3) is 3.51. The molecule has 0 spiro atoms. The Balaban J connectivity index is 1.14. The maximum atomic E-state index is 10.7. The summed E-state index contributed by atoms with van der Waals surface area (Å²) in [4.78, 5) is 11.3. The van der Waals surface area contributed by atoms with E-state index in [0.29, 0.717) is 47.2 Å². The van der Waals surface area contributed by atoms with Crippen LogP contribution in [-0.2, 0) is 0 Å². The van der Waals surface area contributed by atoms with Crippen LogP contribution in [0.25, 0.3) is 22.5 Å². The van der Waals surface area contributed by atoms with Crippen LogP contribution < -0.4 is 19.7 Å². The number of benzene rings is 1. The van der Waals surface area contributed by atoms with Crippen molar-refractivity contribution >= 4 is 5.82 Å². The van der Waals surface area contributed by atoms with Crippen molar-refractivity contribution in [3.05, 3.63) is 36.7 Å². The lowest BCUT2D eigenvalue weighted by atomic mass is 9.98. The summed E-state index contributed by atoms with van der Waals surface area (Å²) in [6, 6.07) is 9.57. The monoisotopic (exact) mass is 458 g/mol. The van der Waals surface area contributed by atoms with E-state index in [1.165, 1.54) is 25.7 Å². The highest BCUT2D eigenvalue weighted by molar-refractivity contribution is 5.73. The molecule has 3 atom stereocenters. The van der Waals surface area contributed by atoms with Gasteiger partial charge >= 0.3 is 0 Å². The molecule has 3 aromatic rings. The molecule has 1 unspecified atom stereocenters. The zero-order chi connectivity index (χ0) is 22.6. The molecule has 2 N–H and O–H groups in total. The second kappa shape index (κ2) is 7.80. The molecule has 2 aromatic heterocycles. The summed E-state index contributed by atoms with van der Waals surface area (Å²) in [5, 5.41) is 23.4. The van der Waals surface area contributed by atoms with Crippen LogP contribution in [0, 0.1) is 0 Å². The fourth-order valence-corrected chi connectivity index (χ4v) is 5.64. The molecular weight excluding hydrogens is 432 g/mol. The van der Waals surface area contributed by atoms with E-state index in [-0.39, 0.29) is 12.5 Å². The lowest BCUT2D eigenvalue weighted by Crippen LogP contribution is -2.49. The van der Waals surface area contributed by atoms with Gasteiger partial charge in [0.25, 0.3) is 5.88 Å². The lowest BCUT2D eigenvalue weighted by Gasteiger charge is -2.38. The zero-order valence-electron chi connectivity index (χ0n) is 18.7. The molecule has 7 rings (SSSR count). The molecule has 0 amide bonds. The first-order valence-electron chi connectivity index (χ1n) is 12.0. The predicted molar refractivity (Wildman–Crippen MR) is 125 cm³/mol. The summed E-state index contributed by atoms with van der Waals surface area (Å²) in [5.41, 5.74) is 2.20. The summed E-state index contributed by atoms with van der Waals surface area (Å²) in [7, 11) is 0. The zero-order valence-corrected chi connectivity index (χ0v) is 18.7. The van der Waals surface area contributed by atoms with Crippen molar-refractivity contribution in [2.24, 2.45) is 0 Å². The number of nitrogens with one attached hydrogen (secondary N) is 1. The summed E-state index contributed by atoms with van der Waals surface area (Å²) >= 11 is 0. The molecule has 3 aliphatic heterocycles. The van der Waals surface area contributed by atoms with Gasteiger partial charge < -0.3 is 24.8 Å². The lowest BCUT2D eigenvalue weighted by molar-refractivity contribution is 0.171.